The Morgan fingerprint density at radius 2 is 2.17 bits per heavy atom. The maximum absolute atomic E-state index is 12.0. The van der Waals surface area contributed by atoms with Crippen LogP contribution >= 0.6 is 0 Å². The Morgan fingerprint density at radius 1 is 1.50 bits per heavy atom. The summed E-state index contributed by atoms with van der Waals surface area (Å²) < 4.78 is 0. The van der Waals surface area contributed by atoms with Gasteiger partial charge in [0.1, 0.15) is 0 Å². The summed E-state index contributed by atoms with van der Waals surface area (Å²) in [6.07, 6.45) is 1.37. The van der Waals surface area contributed by atoms with E-state index in [0.717, 1.165) is 6.42 Å². The fourth-order valence-electron chi connectivity index (χ4n) is 2.30. The van der Waals surface area contributed by atoms with E-state index in [4.69, 9.17) is 5.11 Å². The van der Waals surface area contributed by atoms with Crippen LogP contribution < -0.4 is 5.32 Å². The number of rotatable bonds is 5. The number of carbonyl (C=O) groups is 2. The highest BCUT2D eigenvalue weighted by Crippen LogP contribution is 2.23. The van der Waals surface area contributed by atoms with E-state index in [-0.39, 0.29) is 37.1 Å². The first-order valence-electron chi connectivity index (χ1n) is 6.39. The smallest absolute Gasteiger partial charge is 0.317 e. The lowest BCUT2D eigenvalue weighted by molar-refractivity contribution is -0.137. The van der Waals surface area contributed by atoms with Crippen LogP contribution in [0.4, 0.5) is 4.79 Å². The Bertz CT molecular complexity index is 308. The zero-order valence-electron chi connectivity index (χ0n) is 10.9. The molecule has 1 aliphatic heterocycles. The second-order valence-corrected chi connectivity index (χ2v) is 4.86. The van der Waals surface area contributed by atoms with Gasteiger partial charge in [0.15, 0.2) is 0 Å². The van der Waals surface area contributed by atoms with Gasteiger partial charge in [0.25, 0.3) is 0 Å². The van der Waals surface area contributed by atoms with Gasteiger partial charge in [0.05, 0.1) is 19.1 Å². The third-order valence-electron chi connectivity index (χ3n) is 3.57. The summed E-state index contributed by atoms with van der Waals surface area (Å²) in [7, 11) is 0. The molecule has 0 aromatic carbocycles. The molecule has 0 spiro atoms. The monoisotopic (exact) mass is 258 g/mol. The number of aliphatic hydroxyl groups is 1. The van der Waals surface area contributed by atoms with Crippen molar-refractivity contribution >= 4 is 12.0 Å². The highest BCUT2D eigenvalue weighted by molar-refractivity contribution is 5.76. The number of carboxylic acids is 1. The predicted molar refractivity (Wildman–Crippen MR) is 66.2 cm³/mol. The number of hydrogen-bond acceptors (Lipinski definition) is 3. The van der Waals surface area contributed by atoms with Gasteiger partial charge in [-0.25, -0.2) is 4.79 Å². The molecule has 6 heteroatoms. The van der Waals surface area contributed by atoms with Crippen LogP contribution in [-0.2, 0) is 4.79 Å². The van der Waals surface area contributed by atoms with Crippen molar-refractivity contribution in [2.24, 2.45) is 5.92 Å². The minimum atomic E-state index is -0.921. The average molecular weight is 258 g/mol. The molecule has 1 rings (SSSR count). The third-order valence-corrected chi connectivity index (χ3v) is 3.57. The zero-order valence-corrected chi connectivity index (χ0v) is 10.9. The molecule has 3 atom stereocenters. The van der Waals surface area contributed by atoms with Crippen molar-refractivity contribution < 1.29 is 19.8 Å². The maximum atomic E-state index is 12.0. The topological polar surface area (TPSA) is 89.9 Å². The van der Waals surface area contributed by atoms with Gasteiger partial charge in [-0.2, -0.15) is 0 Å². The Morgan fingerprint density at radius 3 is 2.67 bits per heavy atom. The zero-order chi connectivity index (χ0) is 13.7. The molecule has 0 aromatic rings. The Balaban J connectivity index is 2.56. The molecule has 0 radical (unpaired) electrons. The fraction of sp³-hybridized carbons (Fsp3) is 0.833. The van der Waals surface area contributed by atoms with Gasteiger partial charge < -0.3 is 20.4 Å². The minimum Gasteiger partial charge on any atom is -0.481 e. The number of urea groups is 1. The van der Waals surface area contributed by atoms with Crippen molar-refractivity contribution in [2.45, 2.75) is 45.2 Å². The molecule has 1 heterocycles. The lowest BCUT2D eigenvalue weighted by Gasteiger charge is -2.27. The first kappa shape index (κ1) is 14.8. The molecule has 0 aliphatic carbocycles. The van der Waals surface area contributed by atoms with Gasteiger partial charge in [0.2, 0.25) is 0 Å². The standard InChI is InChI=1S/C12H22N2O4/c1-3-9(6-11(16)17)13-12(18)14-5-4-8(2)10(14)7-15/h8-10,15H,3-7H2,1-2H3,(H,13,18)(H,16,17). The van der Waals surface area contributed by atoms with Gasteiger partial charge in [-0.3, -0.25) is 4.79 Å². The predicted octanol–water partition coefficient (Wildman–Crippen LogP) is 0.652. The average Bonchev–Trinajstić information content (AvgIpc) is 2.68. The first-order chi connectivity index (χ1) is 8.49. The van der Waals surface area contributed by atoms with Crippen LogP contribution in [0, 0.1) is 5.92 Å². The molecule has 1 aliphatic rings. The molecule has 6 nitrogen and oxygen atoms in total. The van der Waals surface area contributed by atoms with Crippen molar-refractivity contribution in [1.29, 1.82) is 0 Å². The van der Waals surface area contributed by atoms with Crippen LogP contribution in [0.5, 0.6) is 0 Å². The number of likely N-dealkylation sites (tertiary alicyclic amines) is 1. The molecular formula is C12H22N2O4. The number of hydrogen-bond donors (Lipinski definition) is 3. The largest absolute Gasteiger partial charge is 0.481 e. The second-order valence-electron chi connectivity index (χ2n) is 4.86. The van der Waals surface area contributed by atoms with E-state index in [1.165, 1.54) is 0 Å². The highest BCUT2D eigenvalue weighted by atomic mass is 16.4. The van der Waals surface area contributed by atoms with E-state index in [1.807, 2.05) is 13.8 Å². The van der Waals surface area contributed by atoms with Crippen LogP contribution in [0.15, 0.2) is 0 Å². The van der Waals surface area contributed by atoms with Crippen LogP contribution in [0.3, 0.4) is 0 Å². The third kappa shape index (κ3) is 3.60. The van der Waals surface area contributed by atoms with E-state index in [9.17, 15) is 14.7 Å². The SMILES string of the molecule is CCC(CC(=O)O)NC(=O)N1CCC(C)C1CO. The van der Waals surface area contributed by atoms with Gasteiger partial charge in [-0.1, -0.05) is 13.8 Å². The number of carboxylic acid groups (broad SMARTS) is 1. The fourth-order valence-corrected chi connectivity index (χ4v) is 2.30. The van der Waals surface area contributed by atoms with Crippen molar-refractivity contribution in [1.82, 2.24) is 10.2 Å². The highest BCUT2D eigenvalue weighted by Gasteiger charge is 2.34. The van der Waals surface area contributed by atoms with E-state index >= 15 is 0 Å². The molecule has 3 N–H and O–H groups in total. The molecule has 0 aromatic heterocycles. The van der Waals surface area contributed by atoms with Gasteiger partial charge in [-0.15, -0.1) is 0 Å². The molecule has 1 fully saturated rings. The molecule has 18 heavy (non-hydrogen) atoms. The Kier molecular flexibility index (Phi) is 5.40. The number of carbonyl (C=O) groups excluding carboxylic acids is 1. The molecule has 0 saturated carbocycles. The molecule has 2 amide bonds. The summed E-state index contributed by atoms with van der Waals surface area (Å²) in [6.45, 7) is 4.40. The van der Waals surface area contributed by atoms with Gasteiger partial charge in [-0.05, 0) is 18.8 Å². The second kappa shape index (κ2) is 6.58. The summed E-state index contributed by atoms with van der Waals surface area (Å²) >= 11 is 0. The van der Waals surface area contributed by atoms with Gasteiger partial charge in [0, 0.05) is 12.6 Å². The van der Waals surface area contributed by atoms with Crippen LogP contribution in [0.2, 0.25) is 0 Å². The molecule has 104 valence electrons. The molecular weight excluding hydrogens is 236 g/mol. The maximum Gasteiger partial charge on any atom is 0.317 e. The van der Waals surface area contributed by atoms with E-state index in [2.05, 4.69) is 5.32 Å². The molecule has 1 saturated heterocycles. The van der Waals surface area contributed by atoms with Crippen LogP contribution in [0.25, 0.3) is 0 Å². The first-order valence-corrected chi connectivity index (χ1v) is 6.39. The number of nitrogens with one attached hydrogen (secondary N) is 1. The van der Waals surface area contributed by atoms with Gasteiger partial charge >= 0.3 is 12.0 Å². The van der Waals surface area contributed by atoms with Crippen LogP contribution in [-0.4, -0.2) is 52.3 Å². The van der Waals surface area contributed by atoms with Crippen LogP contribution in [0.1, 0.15) is 33.1 Å². The summed E-state index contributed by atoms with van der Waals surface area (Å²) in [4.78, 5) is 24.3. The summed E-state index contributed by atoms with van der Waals surface area (Å²) in [5, 5.41) is 20.7. The lowest BCUT2D eigenvalue weighted by Crippen LogP contribution is -2.49. The van der Waals surface area contributed by atoms with Crippen molar-refractivity contribution in [2.75, 3.05) is 13.2 Å². The number of nitrogens with zero attached hydrogens (tertiary/aromatic N) is 1. The summed E-state index contributed by atoms with van der Waals surface area (Å²) in [6, 6.07) is -0.788. The van der Waals surface area contributed by atoms with E-state index in [1.54, 1.807) is 4.90 Å². The van der Waals surface area contributed by atoms with Crippen molar-refractivity contribution in [3.8, 4) is 0 Å². The molecule has 0 bridgehead atoms. The lowest BCUT2D eigenvalue weighted by atomic mass is 10.0. The van der Waals surface area contributed by atoms with E-state index < -0.39 is 5.97 Å². The van der Waals surface area contributed by atoms with E-state index in [0.29, 0.717) is 13.0 Å². The minimum absolute atomic E-state index is 0.0513. The summed E-state index contributed by atoms with van der Waals surface area (Å²) in [5.41, 5.74) is 0. The quantitative estimate of drug-likeness (QED) is 0.675. The Labute approximate surface area is 107 Å². The Hall–Kier alpha value is -1.30. The summed E-state index contributed by atoms with van der Waals surface area (Å²) in [5.74, 6) is -0.643. The van der Waals surface area contributed by atoms with Crippen molar-refractivity contribution in [3.63, 3.8) is 0 Å². The number of aliphatic carboxylic acids is 1. The van der Waals surface area contributed by atoms with Crippen molar-refractivity contribution in [3.05, 3.63) is 0 Å². The number of aliphatic hydroxyl groups excluding tert-OH is 1. The number of amides is 2. The normalized spacial score (nSPS) is 24.9. The molecule has 3 unspecified atom stereocenters.